The Kier molecular flexibility index (Phi) is 5.22. The van der Waals surface area contributed by atoms with E-state index in [9.17, 15) is 19.3 Å². The number of ketones is 2. The molecule has 0 radical (unpaired) electrons. The molecule has 25 heavy (non-hydrogen) atoms. The third-order valence-electron chi connectivity index (χ3n) is 3.75. The summed E-state index contributed by atoms with van der Waals surface area (Å²) in [6.45, 7) is 8.66. The Morgan fingerprint density at radius 2 is 1.64 bits per heavy atom. The molecule has 0 unspecified atom stereocenters. The highest BCUT2D eigenvalue weighted by molar-refractivity contribution is 7.72. The number of hydrogen-bond acceptors (Lipinski definition) is 5. The van der Waals surface area contributed by atoms with Crippen molar-refractivity contribution in [3.8, 4) is 0 Å². The summed E-state index contributed by atoms with van der Waals surface area (Å²) < 4.78 is 19.3. The molecule has 0 fully saturated rings. The van der Waals surface area contributed by atoms with Crippen molar-refractivity contribution < 1.29 is 23.8 Å². The topological polar surface area (TPSA) is 80.7 Å². The fourth-order valence-corrected chi connectivity index (χ4v) is 5.00. The van der Waals surface area contributed by atoms with Gasteiger partial charge < -0.3 is 9.63 Å². The second-order valence-corrected chi connectivity index (χ2v) is 9.52. The second kappa shape index (κ2) is 6.74. The number of rotatable bonds is 4. The standard InChI is InChI=1S/C19H23O5P/c1-12(2)24-25(23,13-9-7-6-8-10-13)18-15(20)11-14(19(3,4)5)16(21)17(18)22/h6-12,22H,1-5H3/t25-/m1/s1. The van der Waals surface area contributed by atoms with E-state index in [0.29, 0.717) is 0 Å². The molecule has 1 N–H and O–H groups in total. The Bertz CT molecular complexity index is 810. The van der Waals surface area contributed by atoms with E-state index in [-0.39, 0.29) is 10.9 Å². The first-order valence-corrected chi connectivity index (χ1v) is 9.70. The molecule has 1 atom stereocenters. The van der Waals surface area contributed by atoms with Crippen molar-refractivity contribution in [3.63, 3.8) is 0 Å². The van der Waals surface area contributed by atoms with E-state index in [1.165, 1.54) is 0 Å². The van der Waals surface area contributed by atoms with Crippen LogP contribution in [0.15, 0.2) is 53.1 Å². The SMILES string of the molecule is CC(C)O[P@@](=O)(C1=C(O)C(=O)C(C(C)(C)C)=CC1=O)c1ccccc1. The van der Waals surface area contributed by atoms with Gasteiger partial charge in [-0.3, -0.25) is 14.2 Å². The zero-order valence-corrected chi connectivity index (χ0v) is 16.0. The van der Waals surface area contributed by atoms with Crippen LogP contribution >= 0.6 is 7.37 Å². The maximum atomic E-state index is 13.7. The molecule has 0 bridgehead atoms. The Morgan fingerprint density at radius 1 is 1.08 bits per heavy atom. The van der Waals surface area contributed by atoms with Crippen LogP contribution in [0.25, 0.3) is 0 Å². The quantitative estimate of drug-likeness (QED) is 0.649. The summed E-state index contributed by atoms with van der Waals surface area (Å²) in [5, 5.41) is 10.3. The molecule has 0 aromatic heterocycles. The predicted octanol–water partition coefficient (Wildman–Crippen LogP) is 3.91. The van der Waals surface area contributed by atoms with Gasteiger partial charge in [0.2, 0.25) is 5.78 Å². The van der Waals surface area contributed by atoms with Gasteiger partial charge in [-0.25, -0.2) is 0 Å². The minimum atomic E-state index is -3.92. The summed E-state index contributed by atoms with van der Waals surface area (Å²) >= 11 is 0. The van der Waals surface area contributed by atoms with Crippen LogP contribution in [0.5, 0.6) is 0 Å². The molecular formula is C19H23O5P. The largest absolute Gasteiger partial charge is 0.503 e. The fraction of sp³-hybridized carbons (Fsp3) is 0.368. The number of hydrogen-bond donors (Lipinski definition) is 1. The van der Waals surface area contributed by atoms with E-state index in [1.54, 1.807) is 65.0 Å². The van der Waals surface area contributed by atoms with Crippen molar-refractivity contribution in [3.05, 3.63) is 53.1 Å². The molecule has 0 spiro atoms. The molecule has 0 saturated heterocycles. The second-order valence-electron chi connectivity index (χ2n) is 7.24. The van der Waals surface area contributed by atoms with Crippen LogP contribution in [0.2, 0.25) is 0 Å². The Balaban J connectivity index is 2.67. The highest BCUT2D eigenvalue weighted by atomic mass is 31.2. The van der Waals surface area contributed by atoms with Gasteiger partial charge in [-0.15, -0.1) is 0 Å². The maximum absolute atomic E-state index is 13.7. The number of carbonyl (C=O) groups excluding carboxylic acids is 2. The van der Waals surface area contributed by atoms with Crippen molar-refractivity contribution in [2.24, 2.45) is 5.41 Å². The van der Waals surface area contributed by atoms with Crippen molar-refractivity contribution in [1.82, 2.24) is 0 Å². The highest BCUT2D eigenvalue weighted by Gasteiger charge is 2.44. The monoisotopic (exact) mass is 362 g/mol. The van der Waals surface area contributed by atoms with Crippen LogP contribution in [0.4, 0.5) is 0 Å². The lowest BCUT2D eigenvalue weighted by molar-refractivity contribution is -0.118. The third kappa shape index (κ3) is 3.68. The molecule has 6 heteroatoms. The molecule has 0 amide bonds. The summed E-state index contributed by atoms with van der Waals surface area (Å²) in [5.41, 5.74) is -0.440. The first-order chi connectivity index (χ1) is 11.5. The maximum Gasteiger partial charge on any atom is 0.269 e. The zero-order chi connectivity index (χ0) is 19.0. The number of aliphatic hydroxyl groups is 1. The third-order valence-corrected chi connectivity index (χ3v) is 6.47. The molecule has 0 aliphatic heterocycles. The summed E-state index contributed by atoms with van der Waals surface area (Å²) in [6, 6.07) is 8.18. The minimum absolute atomic E-state index is 0.183. The lowest BCUT2D eigenvalue weighted by Crippen LogP contribution is -2.29. The number of Topliss-reactive ketones (excluding diaryl/α,β-unsaturated/α-hetero) is 1. The number of benzene rings is 1. The van der Waals surface area contributed by atoms with Crippen LogP contribution in [-0.2, 0) is 18.7 Å². The average molecular weight is 362 g/mol. The van der Waals surface area contributed by atoms with Gasteiger partial charge in [0.05, 0.1) is 6.10 Å². The molecular weight excluding hydrogens is 339 g/mol. The van der Waals surface area contributed by atoms with E-state index < -0.39 is 41.5 Å². The molecule has 1 aromatic rings. The zero-order valence-electron chi connectivity index (χ0n) is 15.1. The van der Waals surface area contributed by atoms with Crippen LogP contribution < -0.4 is 5.30 Å². The van der Waals surface area contributed by atoms with Crippen molar-refractivity contribution in [1.29, 1.82) is 0 Å². The Labute approximate surface area is 147 Å². The summed E-state index contributed by atoms with van der Waals surface area (Å²) in [6.07, 6.45) is 0.693. The van der Waals surface area contributed by atoms with Gasteiger partial charge in [-0.1, -0.05) is 39.0 Å². The van der Waals surface area contributed by atoms with Gasteiger partial charge in [0.15, 0.2) is 11.5 Å². The molecule has 1 aliphatic carbocycles. The normalized spacial score (nSPS) is 18.4. The molecule has 5 nitrogen and oxygen atoms in total. The number of allylic oxidation sites excluding steroid dienone is 3. The first-order valence-electron chi connectivity index (χ1n) is 8.07. The van der Waals surface area contributed by atoms with E-state index in [0.717, 1.165) is 6.08 Å². The number of aliphatic hydroxyl groups excluding tert-OH is 1. The molecule has 2 rings (SSSR count). The molecule has 1 aromatic carbocycles. The molecule has 134 valence electrons. The van der Waals surface area contributed by atoms with Crippen molar-refractivity contribution in [2.75, 3.05) is 0 Å². The number of carbonyl (C=O) groups is 2. The van der Waals surface area contributed by atoms with Gasteiger partial charge in [0.25, 0.3) is 7.37 Å². The van der Waals surface area contributed by atoms with Crippen molar-refractivity contribution >= 4 is 24.2 Å². The molecule has 1 aliphatic rings. The van der Waals surface area contributed by atoms with Crippen LogP contribution in [-0.4, -0.2) is 22.8 Å². The van der Waals surface area contributed by atoms with Gasteiger partial charge in [0, 0.05) is 10.9 Å². The van der Waals surface area contributed by atoms with E-state index >= 15 is 0 Å². The Morgan fingerprint density at radius 3 is 2.12 bits per heavy atom. The first kappa shape index (κ1) is 19.4. The highest BCUT2D eigenvalue weighted by Crippen LogP contribution is 2.57. The van der Waals surface area contributed by atoms with E-state index in [2.05, 4.69) is 0 Å². The fourth-order valence-electron chi connectivity index (χ4n) is 2.62. The summed E-state index contributed by atoms with van der Waals surface area (Å²) in [5.74, 6) is -2.13. The lowest BCUT2D eigenvalue weighted by atomic mass is 9.81. The van der Waals surface area contributed by atoms with Gasteiger partial charge in [-0.2, -0.15) is 0 Å². The van der Waals surface area contributed by atoms with Crippen molar-refractivity contribution in [2.45, 2.75) is 40.7 Å². The Hall–Kier alpha value is -1.97. The predicted molar refractivity (Wildman–Crippen MR) is 97.1 cm³/mol. The summed E-state index contributed by atoms with van der Waals surface area (Å²) in [7, 11) is -3.92. The van der Waals surface area contributed by atoms with Crippen LogP contribution in [0.3, 0.4) is 0 Å². The average Bonchev–Trinajstić information content (AvgIpc) is 2.50. The van der Waals surface area contributed by atoms with Gasteiger partial charge in [0.1, 0.15) is 5.31 Å². The summed E-state index contributed by atoms with van der Waals surface area (Å²) in [4.78, 5) is 25.3. The van der Waals surface area contributed by atoms with Crippen LogP contribution in [0.1, 0.15) is 34.6 Å². The van der Waals surface area contributed by atoms with Crippen LogP contribution in [0, 0.1) is 5.41 Å². The smallest absolute Gasteiger partial charge is 0.269 e. The molecule has 0 saturated carbocycles. The van der Waals surface area contributed by atoms with Gasteiger partial charge >= 0.3 is 0 Å². The molecule has 0 heterocycles. The lowest BCUT2D eigenvalue weighted by Gasteiger charge is -2.28. The minimum Gasteiger partial charge on any atom is -0.503 e. The van der Waals surface area contributed by atoms with Gasteiger partial charge in [-0.05, 0) is 37.5 Å². The van der Waals surface area contributed by atoms with E-state index in [4.69, 9.17) is 4.52 Å². The van der Waals surface area contributed by atoms with E-state index in [1.807, 2.05) is 0 Å².